The molecule has 1 aliphatic rings. The van der Waals surface area contributed by atoms with Gasteiger partial charge in [0.2, 0.25) is 0 Å². The zero-order valence-electron chi connectivity index (χ0n) is 10.8. The maximum atomic E-state index is 6.03. The molecule has 1 unspecified atom stereocenters. The Bertz CT molecular complexity index is 577. The highest BCUT2D eigenvalue weighted by Gasteiger charge is 2.31. The fraction of sp³-hybridized carbons (Fsp3) is 0.429. The lowest BCUT2D eigenvalue weighted by atomic mass is 10.2. The molecular weight excluding hydrogens is 224 g/mol. The Morgan fingerprint density at radius 3 is 2.44 bits per heavy atom. The molecule has 94 valence electrons. The monoisotopic (exact) mass is 242 g/mol. The molecule has 0 spiro atoms. The maximum absolute atomic E-state index is 6.03. The molecule has 3 rings (SSSR count). The molecule has 0 saturated heterocycles. The Morgan fingerprint density at radius 2 is 1.83 bits per heavy atom. The van der Waals surface area contributed by atoms with Gasteiger partial charge in [-0.3, -0.25) is 0 Å². The third-order valence-corrected chi connectivity index (χ3v) is 3.83. The fourth-order valence-electron chi connectivity index (χ4n) is 2.35. The number of hydrogen-bond acceptors (Lipinski definition) is 4. The van der Waals surface area contributed by atoms with Crippen LogP contribution in [0.1, 0.15) is 19.8 Å². The Balaban J connectivity index is 2.02. The van der Waals surface area contributed by atoms with E-state index in [1.165, 1.54) is 12.8 Å². The molecular formula is C14H18N4. The summed E-state index contributed by atoms with van der Waals surface area (Å²) < 4.78 is 0. The molecule has 1 aromatic heterocycles. The van der Waals surface area contributed by atoms with Gasteiger partial charge in [0.15, 0.2) is 11.6 Å². The van der Waals surface area contributed by atoms with Gasteiger partial charge in [-0.25, -0.2) is 9.97 Å². The van der Waals surface area contributed by atoms with Crippen LogP contribution in [-0.4, -0.2) is 23.1 Å². The summed E-state index contributed by atoms with van der Waals surface area (Å²) in [5, 5.41) is 0. The van der Waals surface area contributed by atoms with Crippen LogP contribution < -0.4 is 10.6 Å². The highest BCUT2D eigenvalue weighted by molar-refractivity contribution is 5.79. The first-order valence-electron chi connectivity index (χ1n) is 6.42. The van der Waals surface area contributed by atoms with E-state index in [1.807, 2.05) is 24.3 Å². The summed E-state index contributed by atoms with van der Waals surface area (Å²) in [5.41, 5.74) is 7.78. The van der Waals surface area contributed by atoms with Crippen molar-refractivity contribution in [2.45, 2.75) is 25.8 Å². The molecule has 1 fully saturated rings. The van der Waals surface area contributed by atoms with E-state index in [4.69, 9.17) is 5.73 Å². The van der Waals surface area contributed by atoms with Gasteiger partial charge in [0.25, 0.3) is 0 Å². The van der Waals surface area contributed by atoms with Gasteiger partial charge in [-0.1, -0.05) is 12.1 Å². The number of nitrogens with zero attached hydrogens (tertiary/aromatic N) is 3. The molecule has 4 nitrogen and oxygen atoms in total. The van der Waals surface area contributed by atoms with Crippen LogP contribution in [0.3, 0.4) is 0 Å². The van der Waals surface area contributed by atoms with E-state index in [0.717, 1.165) is 22.8 Å². The molecule has 1 aromatic carbocycles. The third-order valence-electron chi connectivity index (χ3n) is 3.83. The second-order valence-electron chi connectivity index (χ2n) is 5.11. The minimum absolute atomic E-state index is 0.475. The molecule has 4 heteroatoms. The lowest BCUT2D eigenvalue weighted by Crippen LogP contribution is -2.32. The molecule has 0 bridgehead atoms. The van der Waals surface area contributed by atoms with Crippen LogP contribution in [0.25, 0.3) is 11.0 Å². The quantitative estimate of drug-likeness (QED) is 0.898. The number of benzene rings is 1. The SMILES string of the molecule is CC(C1CC1)N(C)c1nc2ccccc2nc1N. The normalized spacial score (nSPS) is 16.8. The number of aromatic nitrogens is 2. The number of nitrogen functional groups attached to an aromatic ring is 1. The van der Waals surface area contributed by atoms with Crippen molar-refractivity contribution in [2.75, 3.05) is 17.7 Å². The highest BCUT2D eigenvalue weighted by Crippen LogP contribution is 2.36. The maximum Gasteiger partial charge on any atom is 0.172 e. The van der Waals surface area contributed by atoms with Crippen LogP contribution in [0.5, 0.6) is 0 Å². The Morgan fingerprint density at radius 1 is 1.22 bits per heavy atom. The molecule has 1 atom stereocenters. The van der Waals surface area contributed by atoms with E-state index in [9.17, 15) is 0 Å². The molecule has 18 heavy (non-hydrogen) atoms. The van der Waals surface area contributed by atoms with Crippen molar-refractivity contribution in [3.8, 4) is 0 Å². The number of rotatable bonds is 3. The standard InChI is InChI=1S/C14H18N4/c1-9(10-7-8-10)18(2)14-13(15)16-11-5-3-4-6-12(11)17-14/h3-6,9-10H,7-8H2,1-2H3,(H2,15,16). The summed E-state index contributed by atoms with van der Waals surface area (Å²) in [6.07, 6.45) is 2.62. The molecule has 0 amide bonds. The molecule has 1 aliphatic carbocycles. The summed E-state index contributed by atoms with van der Waals surface area (Å²) in [6, 6.07) is 8.31. The van der Waals surface area contributed by atoms with Crippen molar-refractivity contribution in [1.82, 2.24) is 9.97 Å². The predicted octanol–water partition coefficient (Wildman–Crippen LogP) is 2.45. The zero-order valence-corrected chi connectivity index (χ0v) is 10.8. The summed E-state index contributed by atoms with van der Waals surface area (Å²) in [6.45, 7) is 2.23. The topological polar surface area (TPSA) is 55.0 Å². The van der Waals surface area contributed by atoms with Crippen LogP contribution >= 0.6 is 0 Å². The average Bonchev–Trinajstić information content (AvgIpc) is 3.20. The largest absolute Gasteiger partial charge is 0.381 e. The fourth-order valence-corrected chi connectivity index (χ4v) is 2.35. The van der Waals surface area contributed by atoms with Crippen molar-refractivity contribution < 1.29 is 0 Å². The first-order chi connectivity index (χ1) is 8.66. The van der Waals surface area contributed by atoms with Crippen molar-refractivity contribution >= 4 is 22.7 Å². The minimum Gasteiger partial charge on any atom is -0.381 e. The lowest BCUT2D eigenvalue weighted by molar-refractivity contribution is 0.604. The third kappa shape index (κ3) is 1.88. The van der Waals surface area contributed by atoms with E-state index in [2.05, 4.69) is 28.8 Å². The summed E-state index contributed by atoms with van der Waals surface area (Å²) in [5.74, 6) is 2.10. The minimum atomic E-state index is 0.475. The smallest absolute Gasteiger partial charge is 0.172 e. The van der Waals surface area contributed by atoms with E-state index >= 15 is 0 Å². The molecule has 1 saturated carbocycles. The molecule has 2 N–H and O–H groups in total. The van der Waals surface area contributed by atoms with Crippen LogP contribution in [0.2, 0.25) is 0 Å². The number of nitrogens with two attached hydrogens (primary N) is 1. The van der Waals surface area contributed by atoms with Gasteiger partial charge in [0.1, 0.15) is 0 Å². The van der Waals surface area contributed by atoms with Gasteiger partial charge in [-0.15, -0.1) is 0 Å². The number of fused-ring (bicyclic) bond motifs is 1. The van der Waals surface area contributed by atoms with Gasteiger partial charge in [0.05, 0.1) is 11.0 Å². The molecule has 2 aromatic rings. The van der Waals surface area contributed by atoms with Gasteiger partial charge in [0, 0.05) is 13.1 Å². The highest BCUT2D eigenvalue weighted by atomic mass is 15.2. The van der Waals surface area contributed by atoms with Gasteiger partial charge in [-0.05, 0) is 37.8 Å². The number of hydrogen-bond donors (Lipinski definition) is 1. The Kier molecular flexibility index (Phi) is 2.58. The average molecular weight is 242 g/mol. The van der Waals surface area contributed by atoms with Gasteiger partial charge >= 0.3 is 0 Å². The second-order valence-corrected chi connectivity index (χ2v) is 5.11. The van der Waals surface area contributed by atoms with Crippen molar-refractivity contribution in [3.05, 3.63) is 24.3 Å². The first-order valence-corrected chi connectivity index (χ1v) is 6.42. The van der Waals surface area contributed by atoms with E-state index in [0.29, 0.717) is 11.9 Å². The van der Waals surface area contributed by atoms with Gasteiger partial charge < -0.3 is 10.6 Å². The van der Waals surface area contributed by atoms with E-state index in [-0.39, 0.29) is 0 Å². The Labute approximate surface area is 107 Å². The van der Waals surface area contributed by atoms with E-state index in [1.54, 1.807) is 0 Å². The molecule has 1 heterocycles. The Hall–Kier alpha value is -1.84. The molecule has 0 aliphatic heterocycles. The van der Waals surface area contributed by atoms with E-state index < -0.39 is 0 Å². The van der Waals surface area contributed by atoms with Crippen molar-refractivity contribution in [3.63, 3.8) is 0 Å². The number of anilines is 2. The first kappa shape index (κ1) is 11.3. The summed E-state index contributed by atoms with van der Waals surface area (Å²) >= 11 is 0. The van der Waals surface area contributed by atoms with Gasteiger partial charge in [-0.2, -0.15) is 0 Å². The van der Waals surface area contributed by atoms with Crippen molar-refractivity contribution in [2.24, 2.45) is 5.92 Å². The van der Waals surface area contributed by atoms with Crippen LogP contribution in [0, 0.1) is 5.92 Å². The second kappa shape index (κ2) is 4.12. The summed E-state index contributed by atoms with van der Waals surface area (Å²) in [7, 11) is 2.05. The van der Waals surface area contributed by atoms with Crippen LogP contribution in [0.15, 0.2) is 24.3 Å². The van der Waals surface area contributed by atoms with Crippen LogP contribution in [-0.2, 0) is 0 Å². The zero-order chi connectivity index (χ0) is 12.7. The predicted molar refractivity (Wildman–Crippen MR) is 74.5 cm³/mol. The molecule has 0 radical (unpaired) electrons. The summed E-state index contributed by atoms with van der Waals surface area (Å²) in [4.78, 5) is 11.2. The van der Waals surface area contributed by atoms with Crippen molar-refractivity contribution in [1.29, 1.82) is 0 Å². The lowest BCUT2D eigenvalue weighted by Gasteiger charge is -2.26. The van der Waals surface area contributed by atoms with Crippen LogP contribution in [0.4, 0.5) is 11.6 Å². The number of para-hydroxylation sites is 2.